The van der Waals surface area contributed by atoms with Crippen LogP contribution in [-0.4, -0.2) is 22.8 Å². The number of hydrogen-bond acceptors (Lipinski definition) is 4. The largest absolute Gasteiger partial charge is 0.434 e. The normalized spacial score (nSPS) is 12.4. The fraction of sp³-hybridized carbons (Fsp3) is 0.333. The molecule has 0 aliphatic carbocycles. The number of aromatic nitrogens is 1. The van der Waals surface area contributed by atoms with Gasteiger partial charge in [-0.15, -0.1) is 23.7 Å². The van der Waals surface area contributed by atoms with E-state index < -0.39 is 17.9 Å². The number of carbonyl (C=O) groups excluding carboxylic acids is 1. The van der Waals surface area contributed by atoms with Crippen LogP contribution in [0.1, 0.15) is 28.7 Å². The summed E-state index contributed by atoms with van der Waals surface area (Å²) in [6.45, 7) is 0.0289. The van der Waals surface area contributed by atoms with Crippen molar-refractivity contribution in [3.63, 3.8) is 0 Å². The minimum absolute atomic E-state index is 0. The van der Waals surface area contributed by atoms with Crippen molar-refractivity contribution in [1.82, 2.24) is 9.88 Å². The Hall–Kier alpha value is -1.64. The van der Waals surface area contributed by atoms with E-state index in [1.54, 1.807) is 0 Å². The summed E-state index contributed by atoms with van der Waals surface area (Å²) in [4.78, 5) is 17.0. The number of thiazole rings is 1. The second-order valence-corrected chi connectivity index (χ2v) is 6.04. The molecule has 2 rings (SSSR count). The predicted octanol–water partition coefficient (Wildman–Crippen LogP) is 3.63. The van der Waals surface area contributed by atoms with Gasteiger partial charge in [0.1, 0.15) is 5.01 Å². The van der Waals surface area contributed by atoms with Crippen molar-refractivity contribution in [2.75, 3.05) is 7.05 Å². The lowest BCUT2D eigenvalue weighted by molar-refractivity contribution is -0.140. The molecule has 0 aliphatic heterocycles. The summed E-state index contributed by atoms with van der Waals surface area (Å²) >= 11 is 0.881. The Balaban J connectivity index is 0.00000288. The third kappa shape index (κ3) is 5.47. The third-order valence-corrected chi connectivity index (χ3v) is 4.10. The molecular formula is C15H17ClF3N3OS. The van der Waals surface area contributed by atoms with Gasteiger partial charge in [-0.25, -0.2) is 4.98 Å². The van der Waals surface area contributed by atoms with Gasteiger partial charge in [-0.05, 0) is 5.56 Å². The Kier molecular flexibility index (Phi) is 7.19. The fourth-order valence-corrected chi connectivity index (χ4v) is 2.82. The Morgan fingerprint density at radius 1 is 1.33 bits per heavy atom. The van der Waals surface area contributed by atoms with E-state index in [1.165, 1.54) is 11.9 Å². The molecule has 0 saturated heterocycles. The molecule has 2 aromatic rings. The van der Waals surface area contributed by atoms with Crippen molar-refractivity contribution in [2.45, 2.75) is 25.2 Å². The van der Waals surface area contributed by atoms with E-state index in [0.717, 1.165) is 22.3 Å². The molecule has 132 valence electrons. The third-order valence-electron chi connectivity index (χ3n) is 3.26. The number of amides is 1. The van der Waals surface area contributed by atoms with Gasteiger partial charge in [0.25, 0.3) is 0 Å². The fourth-order valence-electron chi connectivity index (χ4n) is 1.97. The van der Waals surface area contributed by atoms with Gasteiger partial charge in [-0.3, -0.25) is 4.79 Å². The number of halogens is 4. The number of hydrogen-bond donors (Lipinski definition) is 1. The molecule has 1 amide bonds. The summed E-state index contributed by atoms with van der Waals surface area (Å²) in [6.07, 6.45) is -4.38. The molecule has 9 heteroatoms. The highest BCUT2D eigenvalue weighted by Crippen LogP contribution is 2.30. The SMILES string of the molecule is CN(Cc1nc(C(F)(F)F)cs1)C(=O)CC(N)c1ccccc1.Cl. The minimum Gasteiger partial charge on any atom is -0.339 e. The van der Waals surface area contributed by atoms with E-state index in [0.29, 0.717) is 0 Å². The maximum absolute atomic E-state index is 12.5. The van der Waals surface area contributed by atoms with Crippen LogP contribution in [0, 0.1) is 0 Å². The topological polar surface area (TPSA) is 59.2 Å². The van der Waals surface area contributed by atoms with Crippen molar-refractivity contribution >= 4 is 29.7 Å². The summed E-state index contributed by atoms with van der Waals surface area (Å²) < 4.78 is 37.5. The minimum atomic E-state index is -4.47. The van der Waals surface area contributed by atoms with E-state index in [4.69, 9.17) is 5.73 Å². The molecule has 0 aliphatic rings. The van der Waals surface area contributed by atoms with Crippen LogP contribution in [0.2, 0.25) is 0 Å². The summed E-state index contributed by atoms with van der Waals surface area (Å²) in [5, 5.41) is 1.19. The van der Waals surface area contributed by atoms with Crippen LogP contribution in [-0.2, 0) is 17.5 Å². The molecule has 1 atom stereocenters. The van der Waals surface area contributed by atoms with E-state index >= 15 is 0 Å². The van der Waals surface area contributed by atoms with Crippen LogP contribution >= 0.6 is 23.7 Å². The first kappa shape index (κ1) is 20.4. The molecule has 2 N–H and O–H groups in total. The van der Waals surface area contributed by atoms with E-state index in [2.05, 4.69) is 4.98 Å². The number of benzene rings is 1. The molecule has 1 aromatic carbocycles. The van der Waals surface area contributed by atoms with Crippen molar-refractivity contribution in [1.29, 1.82) is 0 Å². The lowest BCUT2D eigenvalue weighted by atomic mass is 10.0. The molecule has 0 radical (unpaired) electrons. The van der Waals surface area contributed by atoms with Crippen LogP contribution in [0.15, 0.2) is 35.7 Å². The van der Waals surface area contributed by atoms with Crippen molar-refractivity contribution in [3.8, 4) is 0 Å². The van der Waals surface area contributed by atoms with E-state index in [-0.39, 0.29) is 36.3 Å². The predicted molar refractivity (Wildman–Crippen MR) is 88.8 cm³/mol. The molecule has 0 fully saturated rings. The van der Waals surface area contributed by atoms with Crippen LogP contribution < -0.4 is 5.73 Å². The highest BCUT2D eigenvalue weighted by molar-refractivity contribution is 7.09. The Morgan fingerprint density at radius 3 is 2.50 bits per heavy atom. The smallest absolute Gasteiger partial charge is 0.339 e. The Bertz CT molecular complexity index is 663. The maximum Gasteiger partial charge on any atom is 0.434 e. The summed E-state index contributed by atoms with van der Waals surface area (Å²) in [6, 6.07) is 8.72. The highest BCUT2D eigenvalue weighted by atomic mass is 35.5. The number of nitrogens with zero attached hydrogens (tertiary/aromatic N) is 2. The van der Waals surface area contributed by atoms with Gasteiger partial charge in [0.05, 0.1) is 6.54 Å². The maximum atomic E-state index is 12.5. The first-order valence-electron chi connectivity index (χ1n) is 6.83. The highest BCUT2D eigenvalue weighted by Gasteiger charge is 2.33. The molecule has 4 nitrogen and oxygen atoms in total. The van der Waals surface area contributed by atoms with Gasteiger partial charge in [0.15, 0.2) is 5.69 Å². The summed E-state index contributed by atoms with van der Waals surface area (Å²) in [7, 11) is 1.52. The van der Waals surface area contributed by atoms with Crippen LogP contribution in [0.4, 0.5) is 13.2 Å². The quantitative estimate of drug-likeness (QED) is 0.863. The van der Waals surface area contributed by atoms with Crippen molar-refractivity contribution < 1.29 is 18.0 Å². The number of carbonyl (C=O) groups is 1. The first-order valence-corrected chi connectivity index (χ1v) is 7.71. The lowest BCUT2D eigenvalue weighted by Crippen LogP contribution is -2.29. The lowest BCUT2D eigenvalue weighted by Gasteiger charge is -2.18. The second-order valence-electron chi connectivity index (χ2n) is 5.10. The van der Waals surface area contributed by atoms with Gasteiger partial charge in [-0.2, -0.15) is 13.2 Å². The first-order chi connectivity index (χ1) is 10.8. The molecule has 1 heterocycles. The molecule has 1 aromatic heterocycles. The Morgan fingerprint density at radius 2 is 1.96 bits per heavy atom. The summed E-state index contributed by atoms with van der Waals surface area (Å²) in [5.74, 6) is -0.245. The second kappa shape index (κ2) is 8.46. The zero-order chi connectivity index (χ0) is 17.0. The van der Waals surface area contributed by atoms with Crippen LogP contribution in [0.3, 0.4) is 0 Å². The Labute approximate surface area is 147 Å². The zero-order valence-electron chi connectivity index (χ0n) is 12.8. The van der Waals surface area contributed by atoms with Gasteiger partial charge < -0.3 is 10.6 Å². The molecule has 0 bridgehead atoms. The number of alkyl halides is 3. The number of nitrogens with two attached hydrogens (primary N) is 1. The average Bonchev–Trinajstić information content (AvgIpc) is 2.96. The molecule has 1 unspecified atom stereocenters. The van der Waals surface area contributed by atoms with E-state index in [1.807, 2.05) is 30.3 Å². The zero-order valence-corrected chi connectivity index (χ0v) is 14.4. The number of rotatable bonds is 5. The molecule has 24 heavy (non-hydrogen) atoms. The van der Waals surface area contributed by atoms with Gasteiger partial charge in [0, 0.05) is 24.9 Å². The molecular weight excluding hydrogens is 363 g/mol. The van der Waals surface area contributed by atoms with Crippen LogP contribution in [0.25, 0.3) is 0 Å². The van der Waals surface area contributed by atoms with Gasteiger partial charge in [0.2, 0.25) is 5.91 Å². The van der Waals surface area contributed by atoms with Crippen molar-refractivity contribution in [2.24, 2.45) is 5.73 Å². The standard InChI is InChI=1S/C15H16F3N3OS.ClH/c1-21(8-13-20-12(9-23-13)15(16,17)18)14(22)7-11(19)10-5-3-2-4-6-10;/h2-6,9,11H,7-8,19H2,1H3;1H. The van der Waals surface area contributed by atoms with Crippen molar-refractivity contribution in [3.05, 3.63) is 52.0 Å². The monoisotopic (exact) mass is 379 g/mol. The summed E-state index contributed by atoms with van der Waals surface area (Å²) in [5.41, 5.74) is 5.88. The molecule has 0 spiro atoms. The molecule has 0 saturated carbocycles. The van der Waals surface area contributed by atoms with Gasteiger partial charge in [-0.1, -0.05) is 30.3 Å². The van der Waals surface area contributed by atoms with E-state index in [9.17, 15) is 18.0 Å². The van der Waals surface area contributed by atoms with Crippen LogP contribution in [0.5, 0.6) is 0 Å². The average molecular weight is 380 g/mol. The van der Waals surface area contributed by atoms with Gasteiger partial charge >= 0.3 is 6.18 Å².